The summed E-state index contributed by atoms with van der Waals surface area (Å²) < 4.78 is 20.6. The summed E-state index contributed by atoms with van der Waals surface area (Å²) >= 11 is 0. The molecular weight excluding hydrogens is 338 g/mol. The highest BCUT2D eigenvalue weighted by atomic mass is 16.6. The fourth-order valence-electron chi connectivity index (χ4n) is 2.30. The third kappa shape index (κ3) is 3.05. The van der Waals surface area contributed by atoms with Crippen LogP contribution in [-0.4, -0.2) is 17.8 Å². The molecule has 2 aromatic heterocycles. The molecule has 0 aliphatic carbocycles. The molecule has 3 heterocycles. The highest BCUT2D eigenvalue weighted by Gasteiger charge is 2.26. The quantitative estimate of drug-likeness (QED) is 0.407. The molecule has 26 heavy (non-hydrogen) atoms. The molecule has 0 fully saturated rings. The summed E-state index contributed by atoms with van der Waals surface area (Å²) in [6.45, 7) is 0. The SMILES string of the molecule is O=C1OC(c2ccco2)=NC1=Cc1ccccc1OC(=O)c1ccco1. The summed E-state index contributed by atoms with van der Waals surface area (Å²) in [6, 6.07) is 13.1. The molecule has 0 radical (unpaired) electrons. The van der Waals surface area contributed by atoms with Gasteiger partial charge in [0, 0.05) is 5.56 Å². The molecule has 1 aliphatic rings. The van der Waals surface area contributed by atoms with Crippen LogP contribution in [0.25, 0.3) is 6.08 Å². The van der Waals surface area contributed by atoms with Crippen molar-refractivity contribution in [2.24, 2.45) is 4.99 Å². The Morgan fingerprint density at radius 1 is 1.00 bits per heavy atom. The molecule has 0 atom stereocenters. The maximum absolute atomic E-state index is 12.1. The second-order valence-corrected chi connectivity index (χ2v) is 5.22. The monoisotopic (exact) mass is 349 g/mol. The topological polar surface area (TPSA) is 91.2 Å². The van der Waals surface area contributed by atoms with Gasteiger partial charge in [0.1, 0.15) is 5.75 Å². The fourth-order valence-corrected chi connectivity index (χ4v) is 2.30. The Labute approximate surface area is 147 Å². The van der Waals surface area contributed by atoms with Crippen molar-refractivity contribution >= 4 is 23.9 Å². The minimum absolute atomic E-state index is 0.0675. The van der Waals surface area contributed by atoms with E-state index in [1.807, 2.05) is 0 Å². The van der Waals surface area contributed by atoms with Crippen molar-refractivity contribution < 1.29 is 27.9 Å². The van der Waals surface area contributed by atoms with E-state index in [0.717, 1.165) is 0 Å². The number of carbonyl (C=O) groups is 2. The number of para-hydroxylation sites is 1. The van der Waals surface area contributed by atoms with Gasteiger partial charge in [0.25, 0.3) is 5.90 Å². The van der Waals surface area contributed by atoms with Gasteiger partial charge in [-0.05, 0) is 36.4 Å². The van der Waals surface area contributed by atoms with E-state index in [0.29, 0.717) is 11.3 Å². The molecule has 1 aromatic carbocycles. The zero-order valence-corrected chi connectivity index (χ0v) is 13.2. The van der Waals surface area contributed by atoms with Crippen LogP contribution < -0.4 is 4.74 Å². The molecule has 1 aliphatic heterocycles. The molecule has 0 bridgehead atoms. The van der Waals surface area contributed by atoms with E-state index >= 15 is 0 Å². The van der Waals surface area contributed by atoms with Crippen LogP contribution in [0, 0.1) is 0 Å². The van der Waals surface area contributed by atoms with Crippen molar-refractivity contribution in [3.8, 4) is 5.75 Å². The van der Waals surface area contributed by atoms with Crippen LogP contribution >= 0.6 is 0 Å². The number of aliphatic imine (C=N–C) groups is 1. The summed E-state index contributed by atoms with van der Waals surface area (Å²) in [6.07, 6.45) is 4.31. The van der Waals surface area contributed by atoms with E-state index in [1.165, 1.54) is 24.7 Å². The number of ether oxygens (including phenoxy) is 2. The predicted molar refractivity (Wildman–Crippen MR) is 89.4 cm³/mol. The number of hydrogen-bond acceptors (Lipinski definition) is 7. The Balaban J connectivity index is 1.63. The molecule has 0 saturated heterocycles. The molecule has 3 aromatic rings. The molecule has 128 valence electrons. The minimum atomic E-state index is -0.644. The molecule has 7 nitrogen and oxygen atoms in total. The van der Waals surface area contributed by atoms with Crippen LogP contribution in [0.3, 0.4) is 0 Å². The third-order valence-electron chi connectivity index (χ3n) is 3.49. The number of benzene rings is 1. The number of esters is 2. The molecule has 7 heteroatoms. The fraction of sp³-hybridized carbons (Fsp3) is 0. The molecular formula is C19H11NO6. The lowest BCUT2D eigenvalue weighted by Crippen LogP contribution is -2.08. The summed E-state index contributed by atoms with van der Waals surface area (Å²) in [7, 11) is 0. The molecule has 4 rings (SSSR count). The highest BCUT2D eigenvalue weighted by molar-refractivity contribution is 6.12. The van der Waals surface area contributed by atoms with Crippen molar-refractivity contribution in [1.82, 2.24) is 0 Å². The van der Waals surface area contributed by atoms with E-state index in [4.69, 9.17) is 18.3 Å². The number of nitrogens with zero attached hydrogens (tertiary/aromatic N) is 1. The van der Waals surface area contributed by atoms with Gasteiger partial charge in [-0.2, -0.15) is 0 Å². The summed E-state index contributed by atoms with van der Waals surface area (Å²) in [5, 5.41) is 0. The maximum Gasteiger partial charge on any atom is 0.379 e. The van der Waals surface area contributed by atoms with Gasteiger partial charge >= 0.3 is 11.9 Å². The Bertz CT molecular complexity index is 1010. The third-order valence-corrected chi connectivity index (χ3v) is 3.49. The lowest BCUT2D eigenvalue weighted by Gasteiger charge is -2.06. The van der Waals surface area contributed by atoms with Gasteiger partial charge in [0.2, 0.25) is 5.76 Å². The van der Waals surface area contributed by atoms with E-state index in [-0.39, 0.29) is 23.1 Å². The van der Waals surface area contributed by atoms with Crippen molar-refractivity contribution in [2.75, 3.05) is 0 Å². The van der Waals surface area contributed by atoms with Gasteiger partial charge in [-0.15, -0.1) is 0 Å². The molecule has 0 saturated carbocycles. The van der Waals surface area contributed by atoms with E-state index in [2.05, 4.69) is 4.99 Å². The van der Waals surface area contributed by atoms with Gasteiger partial charge in [0.05, 0.1) is 12.5 Å². The van der Waals surface area contributed by atoms with E-state index < -0.39 is 11.9 Å². The number of hydrogen-bond donors (Lipinski definition) is 0. The predicted octanol–water partition coefficient (Wildman–Crippen LogP) is 3.44. The Hall–Kier alpha value is -3.87. The first-order chi connectivity index (χ1) is 12.7. The molecule has 0 amide bonds. The van der Waals surface area contributed by atoms with E-state index in [9.17, 15) is 9.59 Å². The van der Waals surface area contributed by atoms with Crippen molar-refractivity contribution in [2.45, 2.75) is 0 Å². The van der Waals surface area contributed by atoms with Crippen LogP contribution in [0.5, 0.6) is 5.75 Å². The largest absolute Gasteiger partial charge is 0.459 e. The van der Waals surface area contributed by atoms with Crippen molar-refractivity contribution in [1.29, 1.82) is 0 Å². The number of rotatable bonds is 4. The lowest BCUT2D eigenvalue weighted by atomic mass is 10.1. The van der Waals surface area contributed by atoms with Crippen LogP contribution in [0.1, 0.15) is 21.9 Å². The van der Waals surface area contributed by atoms with Crippen LogP contribution in [0.15, 0.2) is 80.6 Å². The normalized spacial score (nSPS) is 15.0. The Kier molecular flexibility index (Phi) is 3.95. The van der Waals surface area contributed by atoms with Gasteiger partial charge in [-0.25, -0.2) is 14.6 Å². The van der Waals surface area contributed by atoms with Crippen LogP contribution in [0.2, 0.25) is 0 Å². The number of furan rings is 2. The Morgan fingerprint density at radius 2 is 1.81 bits per heavy atom. The van der Waals surface area contributed by atoms with Crippen molar-refractivity contribution in [3.63, 3.8) is 0 Å². The van der Waals surface area contributed by atoms with Crippen molar-refractivity contribution in [3.05, 3.63) is 83.8 Å². The number of carbonyl (C=O) groups excluding carboxylic acids is 2. The highest BCUT2D eigenvalue weighted by Crippen LogP contribution is 2.25. The van der Waals surface area contributed by atoms with Gasteiger partial charge in [-0.1, -0.05) is 18.2 Å². The summed E-state index contributed by atoms with van der Waals surface area (Å²) in [4.78, 5) is 28.2. The minimum Gasteiger partial charge on any atom is -0.459 e. The van der Waals surface area contributed by atoms with E-state index in [1.54, 1.807) is 42.5 Å². The molecule has 0 N–H and O–H groups in total. The zero-order valence-electron chi connectivity index (χ0n) is 13.2. The van der Waals surface area contributed by atoms with Crippen LogP contribution in [-0.2, 0) is 9.53 Å². The zero-order chi connectivity index (χ0) is 17.9. The van der Waals surface area contributed by atoms with Gasteiger partial charge < -0.3 is 18.3 Å². The van der Waals surface area contributed by atoms with Crippen LogP contribution in [0.4, 0.5) is 0 Å². The molecule has 0 spiro atoms. The first-order valence-corrected chi connectivity index (χ1v) is 7.62. The Morgan fingerprint density at radius 3 is 2.58 bits per heavy atom. The summed E-state index contributed by atoms with van der Waals surface area (Å²) in [5.41, 5.74) is 0.557. The lowest BCUT2D eigenvalue weighted by molar-refractivity contribution is -0.130. The standard InChI is InChI=1S/C19H11NO6/c21-18-13(20-17(26-18)15-7-3-9-23-15)11-12-5-1-2-6-14(12)25-19(22)16-8-4-10-24-16/h1-11H. The molecule has 0 unspecified atom stereocenters. The number of cyclic esters (lactones) is 1. The average molecular weight is 349 g/mol. The summed E-state index contributed by atoms with van der Waals surface area (Å²) in [5.74, 6) is -0.504. The van der Waals surface area contributed by atoms with Gasteiger partial charge in [-0.3, -0.25) is 0 Å². The maximum atomic E-state index is 12.1. The second-order valence-electron chi connectivity index (χ2n) is 5.22. The average Bonchev–Trinajstić information content (AvgIpc) is 3.38. The first-order valence-electron chi connectivity index (χ1n) is 7.62. The smallest absolute Gasteiger partial charge is 0.379 e. The first kappa shape index (κ1) is 15.6. The second kappa shape index (κ2) is 6.56. The van der Waals surface area contributed by atoms with Gasteiger partial charge in [0.15, 0.2) is 11.5 Å².